The SMILES string of the molecule is CC(C)N(c1ccccc1)c1ncnc(Nc2ccccc2)c1[N+](=O)[O-]. The summed E-state index contributed by atoms with van der Waals surface area (Å²) in [5.74, 6) is 0.414. The van der Waals surface area contributed by atoms with Crippen LogP contribution < -0.4 is 10.2 Å². The van der Waals surface area contributed by atoms with Gasteiger partial charge in [0, 0.05) is 17.4 Å². The van der Waals surface area contributed by atoms with Gasteiger partial charge in [-0.1, -0.05) is 36.4 Å². The number of nitrogens with one attached hydrogen (secondary N) is 1. The van der Waals surface area contributed by atoms with Gasteiger partial charge in [0.05, 0.1) is 4.92 Å². The van der Waals surface area contributed by atoms with Crippen molar-refractivity contribution in [2.24, 2.45) is 0 Å². The van der Waals surface area contributed by atoms with Gasteiger partial charge in [-0.3, -0.25) is 10.1 Å². The van der Waals surface area contributed by atoms with Crippen molar-refractivity contribution in [1.82, 2.24) is 9.97 Å². The highest BCUT2D eigenvalue weighted by atomic mass is 16.6. The van der Waals surface area contributed by atoms with E-state index in [2.05, 4.69) is 15.3 Å². The molecule has 0 amide bonds. The van der Waals surface area contributed by atoms with Crippen LogP contribution in [0.5, 0.6) is 0 Å². The van der Waals surface area contributed by atoms with Crippen LogP contribution in [0.4, 0.5) is 28.7 Å². The molecule has 0 spiro atoms. The Kier molecular flexibility index (Phi) is 5.07. The molecule has 0 saturated heterocycles. The Balaban J connectivity index is 2.11. The Bertz CT molecular complexity index is 885. The first-order chi connectivity index (χ1) is 12.6. The van der Waals surface area contributed by atoms with Gasteiger partial charge in [0.2, 0.25) is 11.6 Å². The quantitative estimate of drug-likeness (QED) is 0.514. The van der Waals surface area contributed by atoms with Crippen LogP contribution in [0.15, 0.2) is 67.0 Å². The molecular formula is C19H19N5O2. The van der Waals surface area contributed by atoms with E-state index in [1.165, 1.54) is 6.33 Å². The first-order valence-electron chi connectivity index (χ1n) is 8.23. The molecule has 0 unspecified atom stereocenters. The molecule has 7 nitrogen and oxygen atoms in total. The summed E-state index contributed by atoms with van der Waals surface area (Å²) in [6, 6.07) is 18.7. The maximum atomic E-state index is 11.9. The molecule has 1 aromatic heterocycles. The van der Waals surface area contributed by atoms with E-state index in [-0.39, 0.29) is 23.4 Å². The molecule has 3 rings (SSSR count). The number of nitrogens with zero attached hydrogens (tertiary/aromatic N) is 4. The average molecular weight is 349 g/mol. The Morgan fingerprint density at radius 1 is 1.00 bits per heavy atom. The maximum absolute atomic E-state index is 11.9. The van der Waals surface area contributed by atoms with E-state index in [1.807, 2.05) is 79.4 Å². The number of benzene rings is 2. The van der Waals surface area contributed by atoms with E-state index < -0.39 is 4.92 Å². The summed E-state index contributed by atoms with van der Waals surface area (Å²) in [7, 11) is 0. The third-order valence-electron chi connectivity index (χ3n) is 3.80. The van der Waals surface area contributed by atoms with Gasteiger partial charge in [-0.05, 0) is 38.1 Å². The van der Waals surface area contributed by atoms with Crippen LogP contribution in [0.2, 0.25) is 0 Å². The van der Waals surface area contributed by atoms with Crippen molar-refractivity contribution >= 4 is 28.7 Å². The molecule has 26 heavy (non-hydrogen) atoms. The lowest BCUT2D eigenvalue weighted by Gasteiger charge is -2.27. The third kappa shape index (κ3) is 3.61. The minimum absolute atomic E-state index is 0.0319. The van der Waals surface area contributed by atoms with Crippen LogP contribution >= 0.6 is 0 Å². The highest BCUT2D eigenvalue weighted by Gasteiger charge is 2.29. The minimum atomic E-state index is -0.446. The van der Waals surface area contributed by atoms with Crippen molar-refractivity contribution in [3.63, 3.8) is 0 Å². The van der Waals surface area contributed by atoms with Gasteiger partial charge in [-0.25, -0.2) is 9.97 Å². The standard InChI is InChI=1S/C19H19N5O2/c1-14(2)23(16-11-7-4-8-12-16)19-17(24(25)26)18(20-13-21-19)22-15-9-5-3-6-10-15/h3-14H,1-2H3,(H,20,21,22). The molecule has 0 aliphatic carbocycles. The van der Waals surface area contributed by atoms with Gasteiger partial charge in [0.1, 0.15) is 6.33 Å². The van der Waals surface area contributed by atoms with E-state index >= 15 is 0 Å². The molecule has 0 fully saturated rings. The molecule has 1 heterocycles. The van der Waals surface area contributed by atoms with E-state index in [0.29, 0.717) is 0 Å². The molecule has 0 aliphatic heterocycles. The van der Waals surface area contributed by atoms with E-state index in [0.717, 1.165) is 11.4 Å². The Labute approximate surface area is 151 Å². The molecule has 0 atom stereocenters. The van der Waals surface area contributed by atoms with Gasteiger partial charge in [0.15, 0.2) is 0 Å². The molecular weight excluding hydrogens is 330 g/mol. The van der Waals surface area contributed by atoms with E-state index in [9.17, 15) is 10.1 Å². The first kappa shape index (κ1) is 17.3. The minimum Gasteiger partial charge on any atom is -0.334 e. The zero-order chi connectivity index (χ0) is 18.5. The van der Waals surface area contributed by atoms with Crippen LogP contribution in [0.25, 0.3) is 0 Å². The largest absolute Gasteiger partial charge is 0.354 e. The second kappa shape index (κ2) is 7.60. The molecule has 0 radical (unpaired) electrons. The van der Waals surface area contributed by atoms with Gasteiger partial charge >= 0.3 is 5.69 Å². The normalized spacial score (nSPS) is 10.6. The van der Waals surface area contributed by atoms with Crippen LogP contribution in [0, 0.1) is 10.1 Å². The fourth-order valence-electron chi connectivity index (χ4n) is 2.72. The Morgan fingerprint density at radius 2 is 1.62 bits per heavy atom. The first-order valence-corrected chi connectivity index (χ1v) is 8.23. The number of para-hydroxylation sites is 2. The van der Waals surface area contributed by atoms with Crippen molar-refractivity contribution in [3.8, 4) is 0 Å². The number of rotatable bonds is 6. The van der Waals surface area contributed by atoms with Gasteiger partial charge in [-0.15, -0.1) is 0 Å². The molecule has 132 valence electrons. The van der Waals surface area contributed by atoms with Crippen LogP contribution in [-0.4, -0.2) is 20.9 Å². The predicted octanol–water partition coefficient (Wildman–Crippen LogP) is 4.67. The van der Waals surface area contributed by atoms with Crippen molar-refractivity contribution < 1.29 is 4.92 Å². The summed E-state index contributed by atoms with van der Waals surface area (Å²) in [5.41, 5.74) is 1.39. The Morgan fingerprint density at radius 3 is 2.19 bits per heavy atom. The molecule has 3 aromatic rings. The van der Waals surface area contributed by atoms with E-state index in [1.54, 1.807) is 0 Å². The van der Waals surface area contributed by atoms with E-state index in [4.69, 9.17) is 0 Å². The van der Waals surface area contributed by atoms with Crippen LogP contribution in [-0.2, 0) is 0 Å². The van der Waals surface area contributed by atoms with Crippen LogP contribution in [0.3, 0.4) is 0 Å². The summed E-state index contributed by atoms with van der Waals surface area (Å²) < 4.78 is 0. The lowest BCUT2D eigenvalue weighted by Crippen LogP contribution is -2.27. The van der Waals surface area contributed by atoms with Gasteiger partial charge < -0.3 is 10.2 Å². The summed E-state index contributed by atoms with van der Waals surface area (Å²) >= 11 is 0. The van der Waals surface area contributed by atoms with Gasteiger partial charge in [0.25, 0.3) is 0 Å². The van der Waals surface area contributed by atoms with Crippen molar-refractivity contribution in [2.75, 3.05) is 10.2 Å². The molecule has 0 aliphatic rings. The second-order valence-electron chi connectivity index (χ2n) is 5.94. The summed E-state index contributed by atoms with van der Waals surface area (Å²) in [5, 5.41) is 14.9. The Hall–Kier alpha value is -3.48. The third-order valence-corrected chi connectivity index (χ3v) is 3.80. The monoisotopic (exact) mass is 349 g/mol. The van der Waals surface area contributed by atoms with Gasteiger partial charge in [-0.2, -0.15) is 0 Å². The molecule has 0 bridgehead atoms. The number of anilines is 4. The molecule has 7 heteroatoms. The second-order valence-corrected chi connectivity index (χ2v) is 5.94. The molecule has 2 aromatic carbocycles. The fourth-order valence-corrected chi connectivity index (χ4v) is 2.72. The van der Waals surface area contributed by atoms with Crippen molar-refractivity contribution in [2.45, 2.75) is 19.9 Å². The number of nitro groups is 1. The highest BCUT2D eigenvalue weighted by molar-refractivity contribution is 5.78. The number of hydrogen-bond acceptors (Lipinski definition) is 6. The number of hydrogen-bond donors (Lipinski definition) is 1. The van der Waals surface area contributed by atoms with Crippen molar-refractivity contribution in [3.05, 3.63) is 77.1 Å². The van der Waals surface area contributed by atoms with Crippen LogP contribution in [0.1, 0.15) is 13.8 Å². The predicted molar refractivity (Wildman–Crippen MR) is 102 cm³/mol. The summed E-state index contributed by atoms with van der Waals surface area (Å²) in [6.07, 6.45) is 1.34. The highest BCUT2D eigenvalue weighted by Crippen LogP contribution is 2.37. The zero-order valence-corrected chi connectivity index (χ0v) is 14.5. The summed E-state index contributed by atoms with van der Waals surface area (Å²) in [4.78, 5) is 21.6. The topological polar surface area (TPSA) is 84.2 Å². The lowest BCUT2D eigenvalue weighted by molar-refractivity contribution is -0.383. The number of aromatic nitrogens is 2. The fraction of sp³-hybridized carbons (Fsp3) is 0.158. The summed E-state index contributed by atoms with van der Waals surface area (Å²) in [6.45, 7) is 3.92. The molecule has 0 saturated carbocycles. The zero-order valence-electron chi connectivity index (χ0n) is 14.5. The molecule has 1 N–H and O–H groups in total. The maximum Gasteiger partial charge on any atom is 0.354 e. The van der Waals surface area contributed by atoms with Crippen molar-refractivity contribution in [1.29, 1.82) is 0 Å². The lowest BCUT2D eigenvalue weighted by atomic mass is 10.2. The smallest absolute Gasteiger partial charge is 0.334 e. The average Bonchev–Trinajstić information content (AvgIpc) is 2.63.